The van der Waals surface area contributed by atoms with E-state index in [1.54, 1.807) is 18.3 Å². The van der Waals surface area contributed by atoms with Crippen LogP contribution >= 0.6 is 0 Å². The first-order valence-electron chi connectivity index (χ1n) is 21.5. The van der Waals surface area contributed by atoms with E-state index in [0.717, 1.165) is 29.7 Å². The summed E-state index contributed by atoms with van der Waals surface area (Å²) in [6, 6.07) is 69.1. The number of hydrogen-bond acceptors (Lipinski definition) is 1. The average Bonchev–Trinajstić information content (AvgIpc) is 3.30. The van der Waals surface area contributed by atoms with E-state index in [1.807, 2.05) is 78.9 Å². The van der Waals surface area contributed by atoms with Gasteiger partial charge < -0.3 is 15.6 Å². The first kappa shape index (κ1) is 49.0. The molecule has 0 fully saturated rings. The van der Waals surface area contributed by atoms with Gasteiger partial charge in [0.15, 0.2) is 0 Å². The van der Waals surface area contributed by atoms with Gasteiger partial charge in [-0.25, -0.2) is 0 Å². The molecule has 0 bridgehead atoms. The SMILES string of the molecule is CC(C)c1cccc(C(C)C)c1N=C([N-]C=C[N-]Cc1ccccc1)c1ccccc1.CC(c1ccccc1)[C-](Cc1ccccc1)Cc1ccccc1.[CH2-]c1ccccc1.[Hf+4]. The van der Waals surface area contributed by atoms with Gasteiger partial charge in [-0.3, -0.25) is 5.92 Å². The summed E-state index contributed by atoms with van der Waals surface area (Å²) < 4.78 is 0. The van der Waals surface area contributed by atoms with Gasteiger partial charge in [0, 0.05) is 0 Å². The smallest absolute Gasteiger partial charge is 0.687 e. The van der Waals surface area contributed by atoms with Crippen molar-refractivity contribution in [3.8, 4) is 0 Å². The molecular weight excluding hydrogens is 917 g/mol. The van der Waals surface area contributed by atoms with Crippen molar-refractivity contribution in [1.82, 2.24) is 0 Å². The summed E-state index contributed by atoms with van der Waals surface area (Å²) >= 11 is 0. The van der Waals surface area contributed by atoms with Crippen molar-refractivity contribution in [3.63, 3.8) is 0 Å². The van der Waals surface area contributed by atoms with Crippen molar-refractivity contribution in [2.45, 2.75) is 71.8 Å². The third-order valence-electron chi connectivity index (χ3n) is 10.4. The minimum absolute atomic E-state index is 0. The number of hydrogen-bond donors (Lipinski definition) is 0. The van der Waals surface area contributed by atoms with Crippen molar-refractivity contribution in [2.24, 2.45) is 4.99 Å². The first-order valence-corrected chi connectivity index (χ1v) is 21.5. The second-order valence-corrected chi connectivity index (χ2v) is 15.8. The fourth-order valence-electron chi connectivity index (χ4n) is 6.93. The monoisotopic (exact) mass is 979 g/mol. The molecule has 0 aliphatic carbocycles. The van der Waals surface area contributed by atoms with Gasteiger partial charge in [0.1, 0.15) is 0 Å². The van der Waals surface area contributed by atoms with Crippen molar-refractivity contribution >= 4 is 11.5 Å². The van der Waals surface area contributed by atoms with Crippen LogP contribution in [0, 0.1) is 12.8 Å². The Bertz CT molecular complexity index is 2220. The van der Waals surface area contributed by atoms with Gasteiger partial charge >= 0.3 is 25.8 Å². The molecule has 7 rings (SSSR count). The molecule has 0 saturated carbocycles. The van der Waals surface area contributed by atoms with E-state index in [9.17, 15) is 0 Å². The maximum atomic E-state index is 5.08. The summed E-state index contributed by atoms with van der Waals surface area (Å²) in [4.78, 5) is 5.08. The van der Waals surface area contributed by atoms with E-state index in [0.29, 0.717) is 30.1 Å². The molecule has 1 unspecified atom stereocenters. The molecule has 312 valence electrons. The molecule has 0 spiro atoms. The number of para-hydroxylation sites is 1. The molecule has 0 aromatic heterocycles. The fraction of sp³-hybridized carbons (Fsp3) is 0.190. The number of rotatable bonds is 14. The zero-order valence-electron chi connectivity index (χ0n) is 37.1. The van der Waals surface area contributed by atoms with Crippen molar-refractivity contribution in [3.05, 3.63) is 281 Å². The largest absolute Gasteiger partial charge is 4.00 e. The molecule has 0 amide bonds. The summed E-state index contributed by atoms with van der Waals surface area (Å²) in [5.41, 5.74) is 10.9. The van der Waals surface area contributed by atoms with Crippen LogP contribution in [-0.4, -0.2) is 5.84 Å². The van der Waals surface area contributed by atoms with Gasteiger partial charge in [0.05, 0.1) is 0 Å². The second-order valence-electron chi connectivity index (χ2n) is 15.8. The van der Waals surface area contributed by atoms with Crippen LogP contribution in [0.25, 0.3) is 10.6 Å². The Morgan fingerprint density at radius 2 is 0.935 bits per heavy atom. The molecule has 0 radical (unpaired) electrons. The third-order valence-corrected chi connectivity index (χ3v) is 10.4. The number of nitrogens with zero attached hydrogens (tertiary/aromatic N) is 3. The second kappa shape index (κ2) is 27.3. The van der Waals surface area contributed by atoms with Crippen LogP contribution in [0.5, 0.6) is 0 Å². The van der Waals surface area contributed by atoms with Crippen molar-refractivity contribution in [1.29, 1.82) is 0 Å². The molecular formula is C58H61HfN3. The quantitative estimate of drug-likeness (QED) is 0.0451. The predicted molar refractivity (Wildman–Crippen MR) is 263 cm³/mol. The van der Waals surface area contributed by atoms with Gasteiger partial charge in [-0.15, -0.1) is 30.8 Å². The van der Waals surface area contributed by atoms with E-state index in [2.05, 4.69) is 168 Å². The van der Waals surface area contributed by atoms with Crippen LogP contribution in [0.15, 0.2) is 218 Å². The fourth-order valence-corrected chi connectivity index (χ4v) is 6.93. The van der Waals surface area contributed by atoms with Crippen LogP contribution < -0.4 is 0 Å². The molecule has 3 nitrogen and oxygen atoms in total. The van der Waals surface area contributed by atoms with Crippen LogP contribution in [0.1, 0.15) is 96.9 Å². The molecule has 4 heteroatoms. The summed E-state index contributed by atoms with van der Waals surface area (Å²) in [7, 11) is 0. The summed E-state index contributed by atoms with van der Waals surface area (Å²) in [5, 5.41) is 9.17. The Morgan fingerprint density at radius 1 is 0.516 bits per heavy atom. The number of benzene rings is 7. The van der Waals surface area contributed by atoms with Gasteiger partial charge in [0.2, 0.25) is 0 Å². The minimum atomic E-state index is 0. The van der Waals surface area contributed by atoms with E-state index >= 15 is 0 Å². The van der Waals surface area contributed by atoms with Crippen LogP contribution in [0.2, 0.25) is 0 Å². The van der Waals surface area contributed by atoms with Crippen molar-refractivity contribution in [2.75, 3.05) is 0 Å². The minimum Gasteiger partial charge on any atom is -0.687 e. The molecule has 0 heterocycles. The summed E-state index contributed by atoms with van der Waals surface area (Å²) in [6.45, 7) is 15.5. The summed E-state index contributed by atoms with van der Waals surface area (Å²) in [6.07, 6.45) is 5.56. The average molecular weight is 979 g/mol. The van der Waals surface area contributed by atoms with Crippen LogP contribution in [0.3, 0.4) is 0 Å². The van der Waals surface area contributed by atoms with E-state index in [1.165, 1.54) is 33.4 Å². The molecule has 62 heavy (non-hydrogen) atoms. The summed E-state index contributed by atoms with van der Waals surface area (Å²) in [5.74, 6) is 3.48. The maximum Gasteiger partial charge on any atom is 4.00 e. The number of aliphatic imine (C=N–C) groups is 1. The molecule has 0 aliphatic rings. The van der Waals surface area contributed by atoms with Gasteiger partial charge in [0.25, 0.3) is 0 Å². The topological polar surface area (TPSA) is 40.6 Å². The Balaban J connectivity index is 0.000000238. The molecule has 7 aromatic carbocycles. The van der Waals surface area contributed by atoms with E-state index in [4.69, 9.17) is 10.3 Å². The first-order chi connectivity index (χ1) is 29.8. The van der Waals surface area contributed by atoms with Gasteiger partial charge in [-0.1, -0.05) is 239 Å². The third kappa shape index (κ3) is 16.6. The van der Waals surface area contributed by atoms with Gasteiger partial charge in [-0.05, 0) is 34.2 Å². The molecule has 1 atom stereocenters. The Hall–Kier alpha value is -5.71. The van der Waals surface area contributed by atoms with Crippen molar-refractivity contribution < 1.29 is 25.8 Å². The molecule has 0 saturated heterocycles. The normalized spacial score (nSPS) is 11.5. The van der Waals surface area contributed by atoms with E-state index < -0.39 is 0 Å². The predicted octanol–water partition coefficient (Wildman–Crippen LogP) is 16.1. The zero-order chi connectivity index (χ0) is 43.1. The van der Waals surface area contributed by atoms with Gasteiger partial charge in [-0.2, -0.15) is 43.7 Å². The van der Waals surface area contributed by atoms with Crippen LogP contribution in [-0.2, 0) is 45.2 Å². The Labute approximate surface area is 392 Å². The zero-order valence-corrected chi connectivity index (χ0v) is 40.7. The standard InChI is InChI=1S/C28H31N3.C23H23.C7H7.Hf/c1-21(2)25-16-11-17-26(22(3)4)27(25)31-28(24-14-9-6-10-15-24)30-19-18-29-20-23-12-7-5-8-13-23;1-19(22-15-9-4-10-16-22)23(17-20-11-5-2-6-12-20)18-21-13-7-3-8-14-21;1-7-5-3-2-4-6-7;/h5-19,21-22H,20H2,1-4H3;2-16,19H,17-18H2,1H3;2-6H,1H2;/q-2;2*-1;+4. The number of amidine groups is 1. The van der Waals surface area contributed by atoms with E-state index in [-0.39, 0.29) is 25.8 Å². The molecule has 0 N–H and O–H groups in total. The molecule has 0 aliphatic heterocycles. The Morgan fingerprint density at radius 3 is 1.37 bits per heavy atom. The van der Waals surface area contributed by atoms with Crippen LogP contribution in [0.4, 0.5) is 5.69 Å². The maximum absolute atomic E-state index is 5.08. The molecule has 7 aromatic rings. The Kier molecular flexibility index (Phi) is 21.5.